The van der Waals surface area contributed by atoms with Gasteiger partial charge in [0.1, 0.15) is 6.10 Å². The van der Waals surface area contributed by atoms with E-state index in [1.807, 2.05) is 38.1 Å². The fourth-order valence-corrected chi connectivity index (χ4v) is 1.83. The van der Waals surface area contributed by atoms with Gasteiger partial charge in [0.05, 0.1) is 6.61 Å². The summed E-state index contributed by atoms with van der Waals surface area (Å²) in [7, 11) is 0. The van der Waals surface area contributed by atoms with Crippen molar-refractivity contribution in [2.45, 2.75) is 25.7 Å². The Hall–Kier alpha value is -0.570. The summed E-state index contributed by atoms with van der Waals surface area (Å²) >= 11 is 6.06. The smallest absolute Gasteiger partial charge is 0.163 e. The lowest BCUT2D eigenvalue weighted by molar-refractivity contribution is -0.139. The molecule has 0 bridgehead atoms. The molecule has 0 N–H and O–H groups in total. The third-order valence-electron chi connectivity index (χ3n) is 2.26. The number of hydrogen-bond acceptors (Lipinski definition) is 2. The van der Waals surface area contributed by atoms with E-state index in [-0.39, 0.29) is 6.10 Å². The molecule has 0 aliphatic carbocycles. The van der Waals surface area contributed by atoms with Crippen LogP contribution in [0.5, 0.6) is 0 Å². The van der Waals surface area contributed by atoms with Gasteiger partial charge < -0.3 is 9.47 Å². The molecule has 1 aromatic carbocycles. The Morgan fingerprint density at radius 1 is 1.36 bits per heavy atom. The predicted molar refractivity (Wildman–Crippen MR) is 55.3 cm³/mol. The highest BCUT2D eigenvalue weighted by atomic mass is 35.5. The zero-order valence-corrected chi connectivity index (χ0v) is 9.04. The molecule has 1 aliphatic heterocycles. The number of halogens is 1. The van der Waals surface area contributed by atoms with Crippen molar-refractivity contribution >= 4 is 11.6 Å². The molecular formula is C11H13ClO2. The van der Waals surface area contributed by atoms with Crippen molar-refractivity contribution in [2.24, 2.45) is 0 Å². The lowest BCUT2D eigenvalue weighted by Gasteiger charge is -2.17. The van der Waals surface area contributed by atoms with E-state index in [2.05, 4.69) is 0 Å². The van der Waals surface area contributed by atoms with Crippen molar-refractivity contribution in [1.29, 1.82) is 0 Å². The van der Waals surface area contributed by atoms with Gasteiger partial charge in [-0.25, -0.2) is 0 Å². The van der Waals surface area contributed by atoms with Crippen molar-refractivity contribution in [3.8, 4) is 0 Å². The van der Waals surface area contributed by atoms with Crippen molar-refractivity contribution < 1.29 is 9.47 Å². The molecule has 0 radical (unpaired) electrons. The van der Waals surface area contributed by atoms with Gasteiger partial charge in [0.25, 0.3) is 0 Å². The summed E-state index contributed by atoms with van der Waals surface area (Å²) in [6, 6.07) is 7.70. The molecule has 2 nitrogen and oxygen atoms in total. The minimum atomic E-state index is -0.496. The first kappa shape index (κ1) is 9.97. The molecule has 0 saturated carbocycles. The van der Waals surface area contributed by atoms with E-state index >= 15 is 0 Å². The van der Waals surface area contributed by atoms with Gasteiger partial charge in [-0.05, 0) is 19.9 Å². The van der Waals surface area contributed by atoms with Gasteiger partial charge in [-0.3, -0.25) is 0 Å². The predicted octanol–water partition coefficient (Wildman–Crippen LogP) is 3.16. The second kappa shape index (κ2) is 3.54. The summed E-state index contributed by atoms with van der Waals surface area (Å²) in [4.78, 5) is 0. The van der Waals surface area contributed by atoms with Crippen LogP contribution in [0.15, 0.2) is 24.3 Å². The number of ether oxygens (including phenoxy) is 2. The Morgan fingerprint density at radius 2 is 2.07 bits per heavy atom. The Bertz CT molecular complexity index is 336. The van der Waals surface area contributed by atoms with Crippen LogP contribution in [-0.4, -0.2) is 12.4 Å². The van der Waals surface area contributed by atoms with Crippen molar-refractivity contribution in [2.75, 3.05) is 6.61 Å². The minimum Gasteiger partial charge on any atom is -0.347 e. The fourth-order valence-electron chi connectivity index (χ4n) is 1.58. The third-order valence-corrected chi connectivity index (χ3v) is 2.60. The first-order valence-corrected chi connectivity index (χ1v) is 5.02. The van der Waals surface area contributed by atoms with E-state index in [9.17, 15) is 0 Å². The second-order valence-corrected chi connectivity index (χ2v) is 4.25. The van der Waals surface area contributed by atoms with Crippen LogP contribution in [0.1, 0.15) is 25.5 Å². The zero-order chi connectivity index (χ0) is 10.2. The van der Waals surface area contributed by atoms with Crippen LogP contribution in [0.25, 0.3) is 0 Å². The Labute approximate surface area is 88.8 Å². The number of hydrogen-bond donors (Lipinski definition) is 0. The highest BCUT2D eigenvalue weighted by Gasteiger charge is 2.34. The van der Waals surface area contributed by atoms with Gasteiger partial charge in [-0.1, -0.05) is 29.8 Å². The molecule has 0 amide bonds. The van der Waals surface area contributed by atoms with Gasteiger partial charge in [0.15, 0.2) is 5.79 Å². The maximum atomic E-state index is 6.06. The number of rotatable bonds is 1. The quantitative estimate of drug-likeness (QED) is 0.712. The molecule has 14 heavy (non-hydrogen) atoms. The van der Waals surface area contributed by atoms with Gasteiger partial charge in [-0.2, -0.15) is 0 Å². The van der Waals surface area contributed by atoms with Gasteiger partial charge in [0.2, 0.25) is 0 Å². The molecule has 0 unspecified atom stereocenters. The van der Waals surface area contributed by atoms with Crippen LogP contribution in [0.4, 0.5) is 0 Å². The van der Waals surface area contributed by atoms with Crippen molar-refractivity contribution in [3.63, 3.8) is 0 Å². The highest BCUT2D eigenvalue weighted by Crippen LogP contribution is 2.35. The second-order valence-electron chi connectivity index (χ2n) is 3.84. The molecule has 0 spiro atoms. The summed E-state index contributed by atoms with van der Waals surface area (Å²) < 4.78 is 11.2. The summed E-state index contributed by atoms with van der Waals surface area (Å²) in [5.41, 5.74) is 1.000. The lowest BCUT2D eigenvalue weighted by atomic mass is 10.1. The van der Waals surface area contributed by atoms with Crippen LogP contribution in [-0.2, 0) is 9.47 Å². The van der Waals surface area contributed by atoms with Crippen LogP contribution >= 0.6 is 11.6 Å². The van der Waals surface area contributed by atoms with Crippen LogP contribution < -0.4 is 0 Å². The molecule has 1 atom stereocenters. The van der Waals surface area contributed by atoms with E-state index in [4.69, 9.17) is 21.1 Å². The van der Waals surface area contributed by atoms with E-state index in [0.29, 0.717) is 6.61 Å². The molecular weight excluding hydrogens is 200 g/mol. The van der Waals surface area contributed by atoms with Crippen LogP contribution in [0.3, 0.4) is 0 Å². The summed E-state index contributed by atoms with van der Waals surface area (Å²) in [5.74, 6) is -0.496. The van der Waals surface area contributed by atoms with E-state index < -0.39 is 5.79 Å². The largest absolute Gasteiger partial charge is 0.347 e. The maximum absolute atomic E-state index is 6.06. The normalized spacial score (nSPS) is 25.2. The van der Waals surface area contributed by atoms with Crippen LogP contribution in [0, 0.1) is 0 Å². The monoisotopic (exact) mass is 212 g/mol. The van der Waals surface area contributed by atoms with Gasteiger partial charge >= 0.3 is 0 Å². The average molecular weight is 213 g/mol. The highest BCUT2D eigenvalue weighted by molar-refractivity contribution is 6.31. The van der Waals surface area contributed by atoms with E-state index in [1.165, 1.54) is 0 Å². The molecule has 1 aliphatic rings. The zero-order valence-electron chi connectivity index (χ0n) is 8.29. The molecule has 2 rings (SSSR count). The maximum Gasteiger partial charge on any atom is 0.163 e. The molecule has 0 aromatic heterocycles. The molecule has 76 valence electrons. The van der Waals surface area contributed by atoms with Gasteiger partial charge in [-0.15, -0.1) is 0 Å². The average Bonchev–Trinajstić information content (AvgIpc) is 2.47. The summed E-state index contributed by atoms with van der Waals surface area (Å²) in [5, 5.41) is 0.735. The molecule has 1 heterocycles. The van der Waals surface area contributed by atoms with Gasteiger partial charge in [0, 0.05) is 10.6 Å². The summed E-state index contributed by atoms with van der Waals surface area (Å²) in [6.45, 7) is 4.38. The Balaban J connectivity index is 2.22. The summed E-state index contributed by atoms with van der Waals surface area (Å²) in [6.07, 6.45) is -0.0429. The molecule has 1 saturated heterocycles. The van der Waals surface area contributed by atoms with E-state index in [0.717, 1.165) is 10.6 Å². The first-order chi connectivity index (χ1) is 6.58. The molecule has 1 fully saturated rings. The van der Waals surface area contributed by atoms with E-state index in [1.54, 1.807) is 0 Å². The topological polar surface area (TPSA) is 18.5 Å². The lowest BCUT2D eigenvalue weighted by Crippen LogP contribution is -2.19. The molecule has 1 aromatic rings. The van der Waals surface area contributed by atoms with Crippen molar-refractivity contribution in [1.82, 2.24) is 0 Å². The number of benzene rings is 1. The third kappa shape index (κ3) is 1.92. The molecule has 3 heteroatoms. The minimum absolute atomic E-state index is 0.0429. The van der Waals surface area contributed by atoms with Crippen molar-refractivity contribution in [3.05, 3.63) is 34.9 Å². The van der Waals surface area contributed by atoms with Crippen LogP contribution in [0.2, 0.25) is 5.02 Å². The Morgan fingerprint density at radius 3 is 2.64 bits per heavy atom. The first-order valence-electron chi connectivity index (χ1n) is 4.65. The standard InChI is InChI=1S/C11H13ClO2/c1-11(2)13-7-10(14-11)8-5-3-4-6-9(8)12/h3-6,10H,7H2,1-2H3/t10-/m1/s1. The fraction of sp³-hybridized carbons (Fsp3) is 0.455. The SMILES string of the molecule is CC1(C)OC[C@H](c2ccccc2Cl)O1. The Kier molecular flexibility index (Phi) is 2.52.